The van der Waals surface area contributed by atoms with Crippen molar-refractivity contribution in [3.05, 3.63) is 76.9 Å². The molecule has 2 bridgehead atoms. The summed E-state index contributed by atoms with van der Waals surface area (Å²) in [6.07, 6.45) is 1.45. The number of halogens is 3. The minimum atomic E-state index is -4.20. The Morgan fingerprint density at radius 1 is 1.02 bits per heavy atom. The highest BCUT2D eigenvalue weighted by Crippen LogP contribution is 2.78. The number of morpholine rings is 1. The van der Waals surface area contributed by atoms with Crippen LogP contribution >= 0.6 is 0 Å². The van der Waals surface area contributed by atoms with E-state index in [1.54, 1.807) is 0 Å². The van der Waals surface area contributed by atoms with Gasteiger partial charge in [-0.3, -0.25) is 0 Å². The molecule has 5 aliphatic rings. The van der Waals surface area contributed by atoms with Crippen molar-refractivity contribution in [2.75, 3.05) is 18.0 Å². The molecule has 8 rings (SSSR count). The first kappa shape index (κ1) is 28.2. The third-order valence-electron chi connectivity index (χ3n) is 9.48. The summed E-state index contributed by atoms with van der Waals surface area (Å²) < 4.78 is 53.7. The largest absolute Gasteiger partial charge is 0.394 e. The topological polar surface area (TPSA) is 85.3 Å². The van der Waals surface area contributed by atoms with Gasteiger partial charge in [-0.05, 0) is 64.2 Å². The van der Waals surface area contributed by atoms with E-state index in [4.69, 9.17) is 24.4 Å². The Balaban J connectivity index is 1.13. The molecule has 1 N–H and O–H groups in total. The van der Waals surface area contributed by atoms with Gasteiger partial charge in [-0.15, -0.1) is 0 Å². The molecule has 4 fully saturated rings. The summed E-state index contributed by atoms with van der Waals surface area (Å²) in [5.41, 5.74) is 2.14. The number of hydrogen-bond donors (Lipinski definition) is 1. The normalized spacial score (nSPS) is 31.7. The van der Waals surface area contributed by atoms with Gasteiger partial charge in [0.25, 0.3) is 0 Å². The fraction of sp³-hybridized carbons (Fsp3) is 0.500. The molecule has 43 heavy (non-hydrogen) atoms. The van der Waals surface area contributed by atoms with Crippen LogP contribution in [0.1, 0.15) is 55.8 Å². The molecule has 1 aromatic carbocycles. The second-order valence-corrected chi connectivity index (χ2v) is 12.9. The summed E-state index contributed by atoms with van der Waals surface area (Å²) in [6.45, 7) is 9.17. The van der Waals surface area contributed by atoms with Crippen LogP contribution in [-0.2, 0) is 21.5 Å². The molecule has 3 aliphatic carbocycles. The van der Waals surface area contributed by atoms with Crippen molar-refractivity contribution in [2.45, 2.75) is 83.1 Å². The van der Waals surface area contributed by atoms with Crippen molar-refractivity contribution >= 4 is 17.1 Å². The van der Waals surface area contributed by atoms with E-state index in [1.807, 2.05) is 76.4 Å². The average molecular weight is 593 g/mol. The van der Waals surface area contributed by atoms with Crippen LogP contribution in [-0.4, -0.2) is 57.1 Å². The zero-order chi connectivity index (χ0) is 30.2. The monoisotopic (exact) mass is 592 g/mol. The van der Waals surface area contributed by atoms with Crippen LogP contribution in [0.3, 0.4) is 0 Å². The van der Waals surface area contributed by atoms with Crippen LogP contribution in [0.5, 0.6) is 0 Å². The second kappa shape index (κ2) is 9.72. The lowest BCUT2D eigenvalue weighted by Crippen LogP contribution is -2.70. The van der Waals surface area contributed by atoms with Gasteiger partial charge in [-0.25, -0.2) is 15.0 Å². The molecule has 0 radical (unpaired) electrons. The van der Waals surface area contributed by atoms with E-state index in [1.165, 1.54) is 0 Å². The molecule has 0 spiro atoms. The Morgan fingerprint density at radius 2 is 1.74 bits per heavy atom. The third-order valence-corrected chi connectivity index (χ3v) is 9.48. The van der Waals surface area contributed by atoms with Gasteiger partial charge >= 0.3 is 6.18 Å². The van der Waals surface area contributed by atoms with E-state index in [0.717, 1.165) is 22.5 Å². The summed E-state index contributed by atoms with van der Waals surface area (Å²) in [4.78, 5) is 21.2. The Labute approximate surface area is 248 Å². The number of benzene rings is 1. The number of nitrogens with one attached hydrogen (secondary N) is 1. The van der Waals surface area contributed by atoms with Gasteiger partial charge in [-0.1, -0.05) is 36.4 Å². The van der Waals surface area contributed by atoms with E-state index in [0.29, 0.717) is 42.5 Å². The van der Waals surface area contributed by atoms with Gasteiger partial charge in [0.15, 0.2) is 11.4 Å². The maximum atomic E-state index is 13.7. The van der Waals surface area contributed by atoms with Crippen molar-refractivity contribution in [1.82, 2.24) is 25.3 Å². The van der Waals surface area contributed by atoms with Gasteiger partial charge in [-0.2, -0.15) is 18.2 Å². The number of dihydropyridines is 1. The van der Waals surface area contributed by atoms with Crippen LogP contribution in [0.2, 0.25) is 0 Å². The van der Waals surface area contributed by atoms with Crippen LogP contribution in [0.4, 0.5) is 19.1 Å². The average Bonchev–Trinajstić information content (AvgIpc) is 2.91. The molecule has 1 saturated heterocycles. The lowest BCUT2D eigenvalue weighted by molar-refractivity contribution is -0.337. The molecular weight excluding hydrogens is 557 g/mol. The highest BCUT2D eigenvalue weighted by Gasteiger charge is 2.79. The van der Waals surface area contributed by atoms with Gasteiger partial charge in [0.05, 0.1) is 41.8 Å². The van der Waals surface area contributed by atoms with Crippen molar-refractivity contribution in [1.29, 1.82) is 0 Å². The number of ether oxygens (including phenoxy) is 2. The van der Waals surface area contributed by atoms with Crippen molar-refractivity contribution < 1.29 is 22.6 Å². The highest BCUT2D eigenvalue weighted by molar-refractivity contribution is 5.77. The van der Waals surface area contributed by atoms with Crippen LogP contribution in [0.15, 0.2) is 54.3 Å². The molecule has 2 aliphatic heterocycles. The summed E-state index contributed by atoms with van der Waals surface area (Å²) in [6, 6.07) is 10.0. The molecule has 3 saturated carbocycles. The summed E-state index contributed by atoms with van der Waals surface area (Å²) in [5.74, 6) is 0.454. The van der Waals surface area contributed by atoms with Gasteiger partial charge in [0.1, 0.15) is 11.6 Å². The lowest BCUT2D eigenvalue weighted by atomic mass is 9.34. The first-order valence-electron chi connectivity index (χ1n) is 14.7. The molecule has 2 aromatic heterocycles. The molecule has 8 nitrogen and oxygen atoms in total. The van der Waals surface area contributed by atoms with Gasteiger partial charge in [0.2, 0.25) is 5.95 Å². The zero-order valence-electron chi connectivity index (χ0n) is 24.7. The fourth-order valence-corrected chi connectivity index (χ4v) is 6.93. The first-order valence-corrected chi connectivity index (χ1v) is 14.7. The van der Waals surface area contributed by atoms with E-state index in [-0.39, 0.29) is 31.5 Å². The summed E-state index contributed by atoms with van der Waals surface area (Å²) in [5, 5.41) is 3.37. The predicted molar refractivity (Wildman–Crippen MR) is 155 cm³/mol. The smallest absolute Gasteiger partial charge is 0.367 e. The summed E-state index contributed by atoms with van der Waals surface area (Å²) in [7, 11) is 0. The highest BCUT2D eigenvalue weighted by atomic mass is 19.4. The number of rotatable bonds is 6. The number of alkyl halides is 3. The second-order valence-electron chi connectivity index (χ2n) is 12.9. The number of aromatic nitrogens is 4. The van der Waals surface area contributed by atoms with Crippen molar-refractivity contribution in [3.8, 4) is 0 Å². The minimum absolute atomic E-state index is 0.0419. The minimum Gasteiger partial charge on any atom is -0.367 e. The summed E-state index contributed by atoms with van der Waals surface area (Å²) >= 11 is 0. The van der Waals surface area contributed by atoms with Gasteiger partial charge in [0, 0.05) is 18.2 Å². The van der Waals surface area contributed by atoms with E-state index in [2.05, 4.69) is 15.2 Å². The number of nitrogens with zero attached hydrogens (tertiary/aromatic N) is 5. The number of fused-ring (bicyclic) bond motifs is 1. The van der Waals surface area contributed by atoms with Crippen LogP contribution in [0.25, 0.3) is 11.2 Å². The van der Waals surface area contributed by atoms with Crippen molar-refractivity contribution in [2.24, 2.45) is 5.41 Å². The molecule has 3 aromatic rings. The fourth-order valence-electron chi connectivity index (χ4n) is 6.93. The third kappa shape index (κ3) is 4.77. The van der Waals surface area contributed by atoms with Crippen LogP contribution < -0.4 is 10.2 Å². The number of anilines is 1. The van der Waals surface area contributed by atoms with Crippen molar-refractivity contribution in [3.63, 3.8) is 0 Å². The SMILES string of the molecule is Cc1nc2nc(N3C[C@@H](C)O[C@@H](C4=CNC(C)(OCc5ccccc5)C=C4)C3)nc(C34CC(C(F)(F)F)(C3)C4)c2nc1C. The zero-order valence-corrected chi connectivity index (χ0v) is 24.7. The molecule has 3 atom stereocenters. The molecule has 0 amide bonds. The Hall–Kier alpha value is -3.57. The maximum absolute atomic E-state index is 13.7. The molecule has 1 unspecified atom stereocenters. The van der Waals surface area contributed by atoms with E-state index >= 15 is 0 Å². The lowest BCUT2D eigenvalue weighted by Gasteiger charge is -2.70. The Morgan fingerprint density at radius 3 is 2.42 bits per heavy atom. The molecule has 4 heterocycles. The number of hydrogen-bond acceptors (Lipinski definition) is 8. The molecule has 226 valence electrons. The Kier molecular flexibility index (Phi) is 6.38. The van der Waals surface area contributed by atoms with Crippen LogP contribution in [0, 0.1) is 19.3 Å². The predicted octanol–water partition coefficient (Wildman–Crippen LogP) is 5.59. The Bertz CT molecular complexity index is 1620. The van der Waals surface area contributed by atoms with E-state index < -0.39 is 22.7 Å². The number of aryl methyl sites for hydroxylation is 2. The quantitative estimate of drug-likeness (QED) is 0.397. The molecular formula is C32H35F3N6O2. The molecule has 11 heteroatoms. The van der Waals surface area contributed by atoms with Gasteiger partial charge < -0.3 is 19.7 Å². The maximum Gasteiger partial charge on any atom is 0.394 e. The standard InChI is InChI=1S/C32H35F3N6O2/c1-19-13-41(14-24(43-19)23-10-11-29(4,36-12-23)42-15-22-8-6-5-7-9-22)28-39-26(25-27(40-28)38-21(3)20(2)37-25)30-16-31(17-30,18-30)32(33,34)35/h5-12,19,24,36H,13-18H2,1-4H3/t19-,24-,29?,30?,31?/m1/s1. The first-order chi connectivity index (χ1) is 20.4. The van der Waals surface area contributed by atoms with E-state index in [9.17, 15) is 13.2 Å².